The van der Waals surface area contributed by atoms with Crippen LogP contribution in [0.25, 0.3) is 0 Å². The average molecular weight is 374 g/mol. The van der Waals surface area contributed by atoms with Crippen molar-refractivity contribution in [1.82, 2.24) is 5.32 Å². The van der Waals surface area contributed by atoms with E-state index in [1.807, 2.05) is 60.7 Å². The molecule has 0 aliphatic carbocycles. The lowest BCUT2D eigenvalue weighted by molar-refractivity contribution is -0.120. The third-order valence-electron chi connectivity index (χ3n) is 4.09. The Hall–Kier alpha value is -3.60. The van der Waals surface area contributed by atoms with E-state index in [2.05, 4.69) is 10.6 Å². The molecule has 5 nitrogen and oxygen atoms in total. The van der Waals surface area contributed by atoms with Gasteiger partial charge in [0.15, 0.2) is 0 Å². The number of carbonyl (C=O) groups excluding carboxylic acids is 2. The first kappa shape index (κ1) is 19.2. The first-order chi connectivity index (χ1) is 13.6. The Balaban J connectivity index is 1.60. The van der Waals surface area contributed by atoms with Crippen LogP contribution in [0, 0.1) is 0 Å². The molecule has 2 N–H and O–H groups in total. The average Bonchev–Trinajstić information content (AvgIpc) is 2.70. The summed E-state index contributed by atoms with van der Waals surface area (Å²) >= 11 is 0. The summed E-state index contributed by atoms with van der Waals surface area (Å²) < 4.78 is 5.74. The van der Waals surface area contributed by atoms with Gasteiger partial charge in [-0.05, 0) is 42.0 Å². The smallest absolute Gasteiger partial charge is 0.226 e. The van der Waals surface area contributed by atoms with Gasteiger partial charge in [0.25, 0.3) is 0 Å². The topological polar surface area (TPSA) is 67.4 Å². The molecular weight excluding hydrogens is 352 g/mol. The molecule has 3 aromatic rings. The largest absolute Gasteiger partial charge is 0.457 e. The van der Waals surface area contributed by atoms with Crippen LogP contribution in [0.1, 0.15) is 24.9 Å². The number of amides is 2. The van der Waals surface area contributed by atoms with Gasteiger partial charge in [-0.3, -0.25) is 9.59 Å². The molecule has 0 fully saturated rings. The Morgan fingerprint density at radius 2 is 1.39 bits per heavy atom. The first-order valence-electron chi connectivity index (χ1n) is 9.05. The van der Waals surface area contributed by atoms with Crippen molar-refractivity contribution in [3.8, 4) is 11.5 Å². The number of hydrogen-bond donors (Lipinski definition) is 2. The van der Waals surface area contributed by atoms with Gasteiger partial charge in [-0.25, -0.2) is 0 Å². The molecule has 28 heavy (non-hydrogen) atoms. The van der Waals surface area contributed by atoms with E-state index in [9.17, 15) is 9.59 Å². The minimum absolute atomic E-state index is 0.145. The first-order valence-corrected chi connectivity index (χ1v) is 9.05. The summed E-state index contributed by atoms with van der Waals surface area (Å²) in [5.41, 5.74) is 1.56. The molecule has 1 atom stereocenters. The highest BCUT2D eigenvalue weighted by molar-refractivity contribution is 5.91. The summed E-state index contributed by atoms with van der Waals surface area (Å²) in [6.45, 7) is 1.44. The van der Waals surface area contributed by atoms with E-state index in [-0.39, 0.29) is 24.3 Å². The van der Waals surface area contributed by atoms with Crippen LogP contribution in [0.15, 0.2) is 84.9 Å². The third kappa shape index (κ3) is 5.71. The summed E-state index contributed by atoms with van der Waals surface area (Å²) in [5.74, 6) is 1.08. The molecule has 0 saturated heterocycles. The molecule has 0 unspecified atom stereocenters. The van der Waals surface area contributed by atoms with Gasteiger partial charge in [0.05, 0.1) is 12.5 Å². The lowest BCUT2D eigenvalue weighted by Crippen LogP contribution is -2.29. The SMILES string of the molecule is CC(=O)N[C@H](CC(=O)Nc1ccc(Oc2ccccc2)cc1)c1ccccc1. The van der Waals surface area contributed by atoms with Crippen molar-refractivity contribution in [3.63, 3.8) is 0 Å². The van der Waals surface area contributed by atoms with E-state index in [0.717, 1.165) is 11.3 Å². The summed E-state index contributed by atoms with van der Waals surface area (Å²) in [6.07, 6.45) is 0.145. The maximum atomic E-state index is 12.5. The standard InChI is InChI=1S/C23H22N2O3/c1-17(26)24-22(18-8-4-2-5-9-18)16-23(27)25-19-12-14-21(15-13-19)28-20-10-6-3-7-11-20/h2-15,22H,16H2,1H3,(H,24,26)(H,25,27)/t22-/m1/s1. The van der Waals surface area contributed by atoms with Gasteiger partial charge in [-0.2, -0.15) is 0 Å². The molecule has 0 aliphatic heterocycles. The summed E-state index contributed by atoms with van der Waals surface area (Å²) in [5, 5.41) is 5.69. The minimum atomic E-state index is -0.376. The van der Waals surface area contributed by atoms with Gasteiger partial charge in [0.1, 0.15) is 11.5 Å². The quantitative estimate of drug-likeness (QED) is 0.631. The number of nitrogens with one attached hydrogen (secondary N) is 2. The van der Waals surface area contributed by atoms with Crippen LogP contribution in [-0.2, 0) is 9.59 Å². The Morgan fingerprint density at radius 3 is 2.00 bits per heavy atom. The number of carbonyl (C=O) groups is 2. The summed E-state index contributed by atoms with van der Waals surface area (Å²) in [6, 6.07) is 25.7. The number of para-hydroxylation sites is 1. The zero-order chi connectivity index (χ0) is 19.8. The Bertz CT molecular complexity index is 910. The van der Waals surface area contributed by atoms with Gasteiger partial charge >= 0.3 is 0 Å². The molecule has 0 aromatic heterocycles. The Kier molecular flexibility index (Phi) is 6.41. The molecule has 0 saturated carbocycles. The molecule has 0 spiro atoms. The van der Waals surface area contributed by atoms with E-state index in [1.165, 1.54) is 6.92 Å². The van der Waals surface area contributed by atoms with Gasteiger partial charge in [0.2, 0.25) is 11.8 Å². The third-order valence-corrected chi connectivity index (χ3v) is 4.09. The van der Waals surface area contributed by atoms with Crippen LogP contribution < -0.4 is 15.4 Å². The van der Waals surface area contributed by atoms with Crippen molar-refractivity contribution in [2.75, 3.05) is 5.32 Å². The molecule has 0 heterocycles. The number of anilines is 1. The highest BCUT2D eigenvalue weighted by Gasteiger charge is 2.17. The normalized spacial score (nSPS) is 11.3. The second-order valence-electron chi connectivity index (χ2n) is 6.36. The van der Waals surface area contributed by atoms with Crippen molar-refractivity contribution in [2.45, 2.75) is 19.4 Å². The molecule has 2 amide bonds. The van der Waals surface area contributed by atoms with Crippen molar-refractivity contribution in [3.05, 3.63) is 90.5 Å². The van der Waals surface area contributed by atoms with E-state index in [4.69, 9.17) is 4.74 Å². The van der Waals surface area contributed by atoms with Gasteiger partial charge in [-0.15, -0.1) is 0 Å². The number of ether oxygens (including phenoxy) is 1. The maximum Gasteiger partial charge on any atom is 0.226 e. The minimum Gasteiger partial charge on any atom is -0.457 e. The molecule has 3 rings (SSSR count). The van der Waals surface area contributed by atoms with Crippen LogP contribution in [0.4, 0.5) is 5.69 Å². The molecule has 3 aromatic carbocycles. The van der Waals surface area contributed by atoms with Gasteiger partial charge in [-0.1, -0.05) is 48.5 Å². The highest BCUT2D eigenvalue weighted by Crippen LogP contribution is 2.23. The summed E-state index contributed by atoms with van der Waals surface area (Å²) in [4.78, 5) is 24.0. The van der Waals surface area contributed by atoms with Gasteiger partial charge < -0.3 is 15.4 Å². The molecular formula is C23H22N2O3. The van der Waals surface area contributed by atoms with Crippen LogP contribution in [0.2, 0.25) is 0 Å². The maximum absolute atomic E-state index is 12.5. The monoisotopic (exact) mass is 374 g/mol. The second kappa shape index (κ2) is 9.37. The lowest BCUT2D eigenvalue weighted by atomic mass is 10.0. The fourth-order valence-electron chi connectivity index (χ4n) is 2.81. The van der Waals surface area contributed by atoms with Crippen molar-refractivity contribution < 1.29 is 14.3 Å². The molecule has 0 radical (unpaired) electrons. The van der Waals surface area contributed by atoms with Crippen molar-refractivity contribution >= 4 is 17.5 Å². The van der Waals surface area contributed by atoms with Crippen molar-refractivity contribution in [2.24, 2.45) is 0 Å². The highest BCUT2D eigenvalue weighted by atomic mass is 16.5. The Morgan fingerprint density at radius 1 is 0.821 bits per heavy atom. The van der Waals surface area contributed by atoms with Crippen LogP contribution in [0.5, 0.6) is 11.5 Å². The van der Waals surface area contributed by atoms with E-state index >= 15 is 0 Å². The van der Waals surface area contributed by atoms with E-state index in [0.29, 0.717) is 11.4 Å². The zero-order valence-electron chi connectivity index (χ0n) is 15.6. The number of benzene rings is 3. The summed E-state index contributed by atoms with van der Waals surface area (Å²) in [7, 11) is 0. The fourth-order valence-corrected chi connectivity index (χ4v) is 2.81. The van der Waals surface area contributed by atoms with Crippen LogP contribution in [0.3, 0.4) is 0 Å². The lowest BCUT2D eigenvalue weighted by Gasteiger charge is -2.18. The van der Waals surface area contributed by atoms with Crippen molar-refractivity contribution in [1.29, 1.82) is 0 Å². The molecule has 0 bridgehead atoms. The number of hydrogen-bond acceptors (Lipinski definition) is 3. The molecule has 0 aliphatic rings. The zero-order valence-corrected chi connectivity index (χ0v) is 15.6. The molecule has 142 valence electrons. The predicted octanol–water partition coefficient (Wildman–Crippen LogP) is 4.68. The second-order valence-corrected chi connectivity index (χ2v) is 6.36. The van der Waals surface area contributed by atoms with Gasteiger partial charge in [0, 0.05) is 12.6 Å². The Labute approximate surface area is 164 Å². The van der Waals surface area contributed by atoms with Crippen LogP contribution in [-0.4, -0.2) is 11.8 Å². The van der Waals surface area contributed by atoms with Crippen LogP contribution >= 0.6 is 0 Å². The fraction of sp³-hybridized carbons (Fsp3) is 0.130. The van der Waals surface area contributed by atoms with E-state index in [1.54, 1.807) is 24.3 Å². The predicted molar refractivity (Wildman–Crippen MR) is 109 cm³/mol. The number of rotatable bonds is 7. The van der Waals surface area contributed by atoms with E-state index < -0.39 is 0 Å². The molecule has 5 heteroatoms.